The van der Waals surface area contributed by atoms with Gasteiger partial charge in [-0.2, -0.15) is 0 Å². The average molecular weight is 347 g/mol. The van der Waals surface area contributed by atoms with E-state index in [1.165, 1.54) is 10.9 Å². The van der Waals surface area contributed by atoms with E-state index in [1.807, 2.05) is 54.7 Å². The van der Waals surface area contributed by atoms with Gasteiger partial charge in [0.05, 0.1) is 5.92 Å². The molecule has 26 heavy (non-hydrogen) atoms. The number of carbonyl (C=O) groups excluding carboxylic acids is 2. The van der Waals surface area contributed by atoms with Crippen LogP contribution in [0.25, 0.3) is 10.9 Å². The first-order valence-electron chi connectivity index (χ1n) is 8.90. The van der Waals surface area contributed by atoms with E-state index < -0.39 is 0 Å². The number of aromatic nitrogens is 1. The number of hydrogen-bond donors (Lipinski definition) is 2. The first-order chi connectivity index (χ1) is 12.7. The van der Waals surface area contributed by atoms with Crippen LogP contribution in [0.15, 0.2) is 60.8 Å². The zero-order chi connectivity index (χ0) is 17.9. The van der Waals surface area contributed by atoms with Crippen molar-refractivity contribution in [2.75, 3.05) is 18.0 Å². The predicted molar refractivity (Wildman–Crippen MR) is 102 cm³/mol. The number of anilines is 1. The molecule has 0 spiro atoms. The fraction of sp³-hybridized carbons (Fsp3) is 0.238. The molecule has 1 unspecified atom stereocenters. The molecule has 1 aliphatic rings. The second kappa shape index (κ2) is 7.04. The SMILES string of the molecule is O=C(NCCc1c[nH]c2ccccc12)C1CC(=O)N(c2ccccc2)C1. The maximum absolute atomic E-state index is 12.5. The quantitative estimate of drug-likeness (QED) is 0.745. The molecule has 0 saturated carbocycles. The van der Waals surface area contributed by atoms with Gasteiger partial charge in [0, 0.05) is 42.3 Å². The number of nitrogens with zero attached hydrogens (tertiary/aromatic N) is 1. The lowest BCUT2D eigenvalue weighted by Crippen LogP contribution is -2.34. The van der Waals surface area contributed by atoms with Gasteiger partial charge in [-0.1, -0.05) is 36.4 Å². The van der Waals surface area contributed by atoms with E-state index in [-0.39, 0.29) is 24.2 Å². The van der Waals surface area contributed by atoms with Crippen molar-refractivity contribution in [3.8, 4) is 0 Å². The maximum Gasteiger partial charge on any atom is 0.227 e. The molecular formula is C21H21N3O2. The average Bonchev–Trinajstić information content (AvgIpc) is 3.26. The number of nitrogens with one attached hydrogen (secondary N) is 2. The molecule has 2 aromatic carbocycles. The van der Waals surface area contributed by atoms with Crippen molar-refractivity contribution in [2.45, 2.75) is 12.8 Å². The Balaban J connectivity index is 1.33. The molecule has 1 aromatic heterocycles. The molecule has 5 heteroatoms. The summed E-state index contributed by atoms with van der Waals surface area (Å²) in [6.07, 6.45) is 3.03. The second-order valence-corrected chi connectivity index (χ2v) is 6.64. The molecule has 132 valence electrons. The van der Waals surface area contributed by atoms with E-state index in [4.69, 9.17) is 0 Å². The van der Waals surface area contributed by atoms with Crippen LogP contribution in [0.1, 0.15) is 12.0 Å². The summed E-state index contributed by atoms with van der Waals surface area (Å²) >= 11 is 0. The largest absolute Gasteiger partial charge is 0.361 e. The highest BCUT2D eigenvalue weighted by Crippen LogP contribution is 2.25. The number of fused-ring (bicyclic) bond motifs is 1. The summed E-state index contributed by atoms with van der Waals surface area (Å²) in [5, 5.41) is 4.18. The molecule has 2 amide bonds. The topological polar surface area (TPSA) is 65.2 Å². The van der Waals surface area contributed by atoms with Crippen molar-refractivity contribution >= 4 is 28.4 Å². The van der Waals surface area contributed by atoms with Gasteiger partial charge in [-0.3, -0.25) is 9.59 Å². The number of amides is 2. The lowest BCUT2D eigenvalue weighted by Gasteiger charge is -2.16. The molecule has 5 nitrogen and oxygen atoms in total. The molecule has 2 heterocycles. The molecule has 1 fully saturated rings. The highest BCUT2D eigenvalue weighted by molar-refractivity contribution is 6.00. The van der Waals surface area contributed by atoms with Crippen LogP contribution < -0.4 is 10.2 Å². The van der Waals surface area contributed by atoms with Gasteiger partial charge in [0.15, 0.2) is 0 Å². The van der Waals surface area contributed by atoms with Gasteiger partial charge < -0.3 is 15.2 Å². The van der Waals surface area contributed by atoms with Gasteiger partial charge in [-0.15, -0.1) is 0 Å². The highest BCUT2D eigenvalue weighted by Gasteiger charge is 2.34. The zero-order valence-corrected chi connectivity index (χ0v) is 14.4. The van der Waals surface area contributed by atoms with Crippen molar-refractivity contribution in [1.82, 2.24) is 10.3 Å². The van der Waals surface area contributed by atoms with Crippen LogP contribution in [-0.4, -0.2) is 29.9 Å². The maximum atomic E-state index is 12.5. The lowest BCUT2D eigenvalue weighted by molar-refractivity contribution is -0.126. The first kappa shape index (κ1) is 16.4. The van der Waals surface area contributed by atoms with Crippen LogP contribution in [0.3, 0.4) is 0 Å². The smallest absolute Gasteiger partial charge is 0.227 e. The van der Waals surface area contributed by atoms with E-state index in [0.29, 0.717) is 13.1 Å². The van der Waals surface area contributed by atoms with Crippen LogP contribution in [0, 0.1) is 5.92 Å². The van der Waals surface area contributed by atoms with Gasteiger partial charge in [0.25, 0.3) is 0 Å². The number of hydrogen-bond acceptors (Lipinski definition) is 2. The summed E-state index contributed by atoms with van der Waals surface area (Å²) in [5.74, 6) is -0.324. The van der Waals surface area contributed by atoms with E-state index in [2.05, 4.69) is 16.4 Å². The Morgan fingerprint density at radius 3 is 2.73 bits per heavy atom. The summed E-state index contributed by atoms with van der Waals surface area (Å²) in [5.41, 5.74) is 3.15. The van der Waals surface area contributed by atoms with Gasteiger partial charge in [-0.25, -0.2) is 0 Å². The summed E-state index contributed by atoms with van der Waals surface area (Å²) < 4.78 is 0. The second-order valence-electron chi connectivity index (χ2n) is 6.64. The minimum Gasteiger partial charge on any atom is -0.361 e. The Bertz CT molecular complexity index is 933. The van der Waals surface area contributed by atoms with Crippen molar-refractivity contribution in [2.24, 2.45) is 5.92 Å². The molecule has 1 atom stereocenters. The normalized spacial score (nSPS) is 17.0. The Kier molecular flexibility index (Phi) is 4.44. The fourth-order valence-electron chi connectivity index (χ4n) is 3.54. The lowest BCUT2D eigenvalue weighted by atomic mass is 10.1. The monoisotopic (exact) mass is 347 g/mol. The minimum atomic E-state index is -0.286. The number of para-hydroxylation sites is 2. The zero-order valence-electron chi connectivity index (χ0n) is 14.4. The van der Waals surface area contributed by atoms with Gasteiger partial charge >= 0.3 is 0 Å². The van der Waals surface area contributed by atoms with E-state index >= 15 is 0 Å². The van der Waals surface area contributed by atoms with Gasteiger partial charge in [0.1, 0.15) is 0 Å². The number of benzene rings is 2. The summed E-state index contributed by atoms with van der Waals surface area (Å²) in [7, 11) is 0. The summed E-state index contributed by atoms with van der Waals surface area (Å²) in [6, 6.07) is 17.6. The molecule has 2 N–H and O–H groups in total. The van der Waals surface area contributed by atoms with Crippen molar-refractivity contribution in [3.05, 3.63) is 66.4 Å². The third kappa shape index (κ3) is 3.20. The van der Waals surface area contributed by atoms with E-state index in [0.717, 1.165) is 17.6 Å². The van der Waals surface area contributed by atoms with Gasteiger partial charge in [-0.05, 0) is 30.2 Å². The first-order valence-corrected chi connectivity index (χ1v) is 8.90. The van der Waals surface area contributed by atoms with Crippen LogP contribution in [0.2, 0.25) is 0 Å². The van der Waals surface area contributed by atoms with Crippen molar-refractivity contribution < 1.29 is 9.59 Å². The summed E-state index contributed by atoms with van der Waals surface area (Å²) in [4.78, 5) is 29.6. The van der Waals surface area contributed by atoms with Crippen LogP contribution in [-0.2, 0) is 16.0 Å². The Labute approximate surface area is 152 Å². The van der Waals surface area contributed by atoms with Crippen LogP contribution in [0.5, 0.6) is 0 Å². The molecule has 0 aliphatic carbocycles. The van der Waals surface area contributed by atoms with Crippen molar-refractivity contribution in [3.63, 3.8) is 0 Å². The number of carbonyl (C=O) groups is 2. The van der Waals surface area contributed by atoms with Gasteiger partial charge in [0.2, 0.25) is 11.8 Å². The molecule has 3 aromatic rings. The van der Waals surface area contributed by atoms with E-state index in [9.17, 15) is 9.59 Å². The Morgan fingerprint density at radius 1 is 1.12 bits per heavy atom. The van der Waals surface area contributed by atoms with Crippen LogP contribution in [0.4, 0.5) is 5.69 Å². The third-order valence-electron chi connectivity index (χ3n) is 4.93. The predicted octanol–water partition coefficient (Wildman–Crippen LogP) is 2.88. The molecule has 0 bridgehead atoms. The molecule has 1 saturated heterocycles. The van der Waals surface area contributed by atoms with E-state index in [1.54, 1.807) is 4.90 Å². The molecule has 4 rings (SSSR count). The Hall–Kier alpha value is -3.08. The fourth-order valence-corrected chi connectivity index (χ4v) is 3.54. The number of rotatable bonds is 5. The Morgan fingerprint density at radius 2 is 1.88 bits per heavy atom. The third-order valence-corrected chi connectivity index (χ3v) is 4.93. The minimum absolute atomic E-state index is 0.00739. The number of aromatic amines is 1. The molecule has 1 aliphatic heterocycles. The van der Waals surface area contributed by atoms with Crippen LogP contribution >= 0.6 is 0 Å². The number of H-pyrrole nitrogens is 1. The van der Waals surface area contributed by atoms with Crippen molar-refractivity contribution in [1.29, 1.82) is 0 Å². The summed E-state index contributed by atoms with van der Waals surface area (Å²) in [6.45, 7) is 1.01. The molecule has 0 radical (unpaired) electrons. The standard InChI is InChI=1S/C21H21N3O2/c25-20-12-16(14-24(20)17-6-2-1-3-7-17)21(26)22-11-10-15-13-23-19-9-5-4-8-18(15)19/h1-9,13,16,23H,10-12,14H2,(H,22,26). The molecular weight excluding hydrogens is 326 g/mol. The highest BCUT2D eigenvalue weighted by atomic mass is 16.2.